The average Bonchev–Trinajstić information content (AvgIpc) is 2.72. The second-order valence-electron chi connectivity index (χ2n) is 8.25. The lowest BCUT2D eigenvalue weighted by atomic mass is 9.88. The van der Waals surface area contributed by atoms with Crippen molar-refractivity contribution < 1.29 is 14.7 Å². The van der Waals surface area contributed by atoms with E-state index in [1.54, 1.807) is 4.90 Å². The van der Waals surface area contributed by atoms with Gasteiger partial charge in [0.1, 0.15) is 5.75 Å². The van der Waals surface area contributed by atoms with Crippen molar-refractivity contribution in [3.05, 3.63) is 65.7 Å². The number of hydrogen-bond acceptors (Lipinski definition) is 2. The van der Waals surface area contributed by atoms with Crippen LogP contribution in [0, 0.1) is 5.92 Å². The van der Waals surface area contributed by atoms with E-state index >= 15 is 0 Å². The van der Waals surface area contributed by atoms with E-state index in [1.165, 1.54) is 37.9 Å². The smallest absolute Gasteiger partial charge is 0.119 e. The number of ether oxygens (including phenoxy) is 1. The van der Waals surface area contributed by atoms with Crippen molar-refractivity contribution in [1.29, 1.82) is 0 Å². The summed E-state index contributed by atoms with van der Waals surface area (Å²) in [6.07, 6.45) is 3.45. The summed E-state index contributed by atoms with van der Waals surface area (Å²) in [5.41, 5.74) is 2.19. The molecule has 1 heterocycles. The Kier molecular flexibility index (Phi) is 7.31. The Balaban J connectivity index is 1.74. The molecule has 0 bridgehead atoms. The summed E-state index contributed by atoms with van der Waals surface area (Å²) in [5, 5.41) is 11.2. The van der Waals surface area contributed by atoms with Gasteiger partial charge in [0.25, 0.3) is 0 Å². The van der Waals surface area contributed by atoms with Crippen molar-refractivity contribution in [2.75, 3.05) is 26.2 Å². The fourth-order valence-corrected chi connectivity index (χ4v) is 3.94. The molecule has 2 aromatic carbocycles. The molecule has 2 N–H and O–H groups in total. The van der Waals surface area contributed by atoms with E-state index in [0.29, 0.717) is 12.5 Å². The van der Waals surface area contributed by atoms with E-state index in [9.17, 15) is 5.11 Å². The molecule has 0 saturated carbocycles. The quantitative estimate of drug-likeness (QED) is 0.746. The molecule has 3 nitrogen and oxygen atoms in total. The Morgan fingerprint density at radius 2 is 1.56 bits per heavy atom. The van der Waals surface area contributed by atoms with Gasteiger partial charge in [0.05, 0.1) is 38.3 Å². The highest BCUT2D eigenvalue weighted by Gasteiger charge is 2.28. The van der Waals surface area contributed by atoms with Crippen molar-refractivity contribution in [1.82, 2.24) is 0 Å². The van der Waals surface area contributed by atoms with Crippen molar-refractivity contribution >= 4 is 0 Å². The van der Waals surface area contributed by atoms with Gasteiger partial charge in [-0.15, -0.1) is 0 Å². The molecule has 0 spiro atoms. The number of aliphatic hydroxyl groups is 1. The standard InChI is InChI=1S/C24H33NO2/c1-19(2)18-27-22-13-11-21(12-14-22)24(26)23(20-9-5-3-6-10-20)17-25-15-7-4-8-16-25/h3,5-6,9-14,19,23-24,26H,4,7-8,15-18H2,1-2H3/p+1/t23-,24+/m1/s1. The second-order valence-corrected chi connectivity index (χ2v) is 8.25. The van der Waals surface area contributed by atoms with Crippen LogP contribution in [0.15, 0.2) is 54.6 Å². The third-order valence-electron chi connectivity index (χ3n) is 5.48. The lowest BCUT2D eigenvalue weighted by Crippen LogP contribution is -3.13. The zero-order chi connectivity index (χ0) is 19.1. The minimum Gasteiger partial charge on any atom is -0.493 e. The molecule has 1 saturated heterocycles. The molecule has 2 aromatic rings. The summed E-state index contributed by atoms with van der Waals surface area (Å²) >= 11 is 0. The third-order valence-corrected chi connectivity index (χ3v) is 5.48. The molecule has 146 valence electrons. The highest BCUT2D eigenvalue weighted by Crippen LogP contribution is 2.31. The SMILES string of the molecule is CC(C)COc1ccc([C@H](O)[C@H](C[NH+]2CCCCC2)c2ccccc2)cc1. The van der Waals surface area contributed by atoms with Gasteiger partial charge in [-0.2, -0.15) is 0 Å². The van der Waals surface area contributed by atoms with Gasteiger partial charge in [-0.25, -0.2) is 0 Å². The van der Waals surface area contributed by atoms with Gasteiger partial charge >= 0.3 is 0 Å². The summed E-state index contributed by atoms with van der Waals surface area (Å²) in [6, 6.07) is 18.5. The first-order valence-corrected chi connectivity index (χ1v) is 10.4. The van der Waals surface area contributed by atoms with Gasteiger partial charge < -0.3 is 14.7 Å². The number of nitrogens with one attached hydrogen (secondary N) is 1. The molecule has 0 unspecified atom stereocenters. The number of rotatable bonds is 8. The van der Waals surface area contributed by atoms with E-state index in [2.05, 4.69) is 38.1 Å². The Labute approximate surface area is 164 Å². The lowest BCUT2D eigenvalue weighted by Gasteiger charge is -2.30. The largest absolute Gasteiger partial charge is 0.493 e. The highest BCUT2D eigenvalue weighted by molar-refractivity contribution is 5.31. The molecule has 2 atom stereocenters. The number of piperidine rings is 1. The molecular weight excluding hydrogens is 334 g/mol. The molecule has 27 heavy (non-hydrogen) atoms. The van der Waals surface area contributed by atoms with E-state index in [0.717, 1.165) is 17.9 Å². The van der Waals surface area contributed by atoms with Crippen LogP contribution in [0.2, 0.25) is 0 Å². The van der Waals surface area contributed by atoms with E-state index in [1.807, 2.05) is 30.3 Å². The molecule has 3 heteroatoms. The number of benzene rings is 2. The molecule has 0 amide bonds. The van der Waals surface area contributed by atoms with Crippen LogP contribution in [-0.2, 0) is 0 Å². The number of likely N-dealkylation sites (tertiary alicyclic amines) is 1. The Morgan fingerprint density at radius 3 is 2.19 bits per heavy atom. The summed E-state index contributed by atoms with van der Waals surface area (Å²) in [7, 11) is 0. The van der Waals surface area contributed by atoms with Gasteiger partial charge in [-0.1, -0.05) is 56.3 Å². The van der Waals surface area contributed by atoms with Gasteiger partial charge in [-0.05, 0) is 48.4 Å². The van der Waals surface area contributed by atoms with Crippen molar-refractivity contribution in [2.24, 2.45) is 5.92 Å². The van der Waals surface area contributed by atoms with Crippen LogP contribution in [0.3, 0.4) is 0 Å². The predicted octanol–water partition coefficient (Wildman–Crippen LogP) is 3.61. The van der Waals surface area contributed by atoms with E-state index in [-0.39, 0.29) is 5.92 Å². The molecule has 1 aliphatic rings. The molecule has 0 aromatic heterocycles. The molecule has 3 rings (SSSR count). The van der Waals surface area contributed by atoms with Crippen LogP contribution < -0.4 is 9.64 Å². The molecule has 1 aliphatic heterocycles. The van der Waals surface area contributed by atoms with Crippen LogP contribution >= 0.6 is 0 Å². The van der Waals surface area contributed by atoms with Crippen LogP contribution in [-0.4, -0.2) is 31.3 Å². The van der Waals surface area contributed by atoms with E-state index < -0.39 is 6.10 Å². The van der Waals surface area contributed by atoms with Crippen molar-refractivity contribution in [2.45, 2.75) is 45.1 Å². The molecule has 1 fully saturated rings. The minimum absolute atomic E-state index is 0.113. The maximum absolute atomic E-state index is 11.2. The molecule has 0 aliphatic carbocycles. The minimum atomic E-state index is -0.499. The monoisotopic (exact) mass is 368 g/mol. The lowest BCUT2D eigenvalue weighted by molar-refractivity contribution is -0.906. The molecule has 0 radical (unpaired) electrons. The summed E-state index contributed by atoms with van der Waals surface area (Å²) in [4.78, 5) is 1.62. The number of aliphatic hydroxyl groups excluding tert-OH is 1. The first kappa shape index (κ1) is 19.9. The Bertz CT molecular complexity index is 663. The summed E-state index contributed by atoms with van der Waals surface area (Å²) in [6.45, 7) is 8.43. The van der Waals surface area contributed by atoms with Gasteiger partial charge in [-0.3, -0.25) is 0 Å². The predicted molar refractivity (Wildman–Crippen MR) is 110 cm³/mol. The maximum Gasteiger partial charge on any atom is 0.119 e. The third kappa shape index (κ3) is 5.82. The number of hydrogen-bond donors (Lipinski definition) is 2. The summed E-state index contributed by atoms with van der Waals surface area (Å²) in [5.74, 6) is 1.49. The van der Waals surface area contributed by atoms with Crippen LogP contribution in [0.4, 0.5) is 0 Å². The van der Waals surface area contributed by atoms with Crippen molar-refractivity contribution in [3.63, 3.8) is 0 Å². The van der Waals surface area contributed by atoms with Crippen LogP contribution in [0.5, 0.6) is 5.75 Å². The maximum atomic E-state index is 11.2. The zero-order valence-electron chi connectivity index (χ0n) is 16.7. The van der Waals surface area contributed by atoms with Crippen LogP contribution in [0.1, 0.15) is 56.3 Å². The zero-order valence-corrected chi connectivity index (χ0v) is 16.7. The topological polar surface area (TPSA) is 33.9 Å². The average molecular weight is 369 g/mol. The fraction of sp³-hybridized carbons (Fsp3) is 0.500. The first-order chi connectivity index (χ1) is 13.1. The number of quaternary nitrogens is 1. The second kappa shape index (κ2) is 9.91. The first-order valence-electron chi connectivity index (χ1n) is 10.4. The Hall–Kier alpha value is -1.84. The summed E-state index contributed by atoms with van der Waals surface area (Å²) < 4.78 is 5.78. The molecular formula is C24H34NO2+. The van der Waals surface area contributed by atoms with Crippen molar-refractivity contribution in [3.8, 4) is 5.75 Å². The van der Waals surface area contributed by atoms with Gasteiger partial charge in [0.15, 0.2) is 0 Å². The Morgan fingerprint density at radius 1 is 0.889 bits per heavy atom. The van der Waals surface area contributed by atoms with Gasteiger partial charge in [0, 0.05) is 0 Å². The fourth-order valence-electron chi connectivity index (χ4n) is 3.94. The van der Waals surface area contributed by atoms with E-state index in [4.69, 9.17) is 4.74 Å². The normalized spacial score (nSPS) is 17.6. The van der Waals surface area contributed by atoms with Crippen LogP contribution in [0.25, 0.3) is 0 Å². The highest BCUT2D eigenvalue weighted by atomic mass is 16.5. The van der Waals surface area contributed by atoms with Gasteiger partial charge in [0.2, 0.25) is 0 Å².